The molecule has 0 spiro atoms. The van der Waals surface area contributed by atoms with Gasteiger partial charge in [-0.1, -0.05) is 18.5 Å². The fourth-order valence-corrected chi connectivity index (χ4v) is 4.41. The van der Waals surface area contributed by atoms with E-state index < -0.39 is 41.8 Å². The number of fused-ring (bicyclic) bond motifs is 1. The molecule has 0 aliphatic carbocycles. The molecule has 1 saturated heterocycles. The van der Waals surface area contributed by atoms with E-state index in [0.717, 1.165) is 22.9 Å². The number of hydrogen-bond acceptors (Lipinski definition) is 12. The minimum atomic E-state index is -1.22. The van der Waals surface area contributed by atoms with Gasteiger partial charge in [0.2, 0.25) is 18.1 Å². The molecule has 13 nitrogen and oxygen atoms in total. The Morgan fingerprint density at radius 1 is 1.44 bits per heavy atom. The van der Waals surface area contributed by atoms with Crippen LogP contribution < -0.4 is 11.1 Å². The number of amides is 2. The van der Waals surface area contributed by atoms with E-state index in [9.17, 15) is 24.3 Å². The van der Waals surface area contributed by atoms with Crippen molar-refractivity contribution in [2.45, 2.75) is 31.2 Å². The van der Waals surface area contributed by atoms with Crippen molar-refractivity contribution >= 4 is 57.9 Å². The minimum Gasteiger partial charge on any atom is -0.477 e. The standard InChI is InChI=1S/C17H20N6O7S2/c1-2-3-5-29-9(24)7-30-21-10(12-20-17(18)32-22-12)13(25)19-11-14(26)23-8(16(27)28)4-6-31-15(11)23/h4,11,15H,2-3,5-7H2,1H3,(H,19,25)(H,27,28)(H2,18,20,22)/b21-10-/t11?,15-/m1/s1. The van der Waals surface area contributed by atoms with Gasteiger partial charge in [0.25, 0.3) is 11.8 Å². The van der Waals surface area contributed by atoms with Gasteiger partial charge < -0.3 is 25.7 Å². The van der Waals surface area contributed by atoms with Crippen molar-refractivity contribution < 1.29 is 33.9 Å². The number of aliphatic carboxylic acids is 1. The summed E-state index contributed by atoms with van der Waals surface area (Å²) in [5.74, 6) is -3.07. The van der Waals surface area contributed by atoms with Crippen molar-refractivity contribution in [3.8, 4) is 0 Å². The number of ether oxygens (including phenoxy) is 1. The van der Waals surface area contributed by atoms with Crippen molar-refractivity contribution in [2.75, 3.05) is 24.7 Å². The number of carbonyl (C=O) groups is 4. The molecule has 172 valence electrons. The molecule has 1 aromatic heterocycles. The van der Waals surface area contributed by atoms with Crippen molar-refractivity contribution in [1.29, 1.82) is 0 Å². The summed E-state index contributed by atoms with van der Waals surface area (Å²) < 4.78 is 8.85. The molecular weight excluding hydrogens is 464 g/mol. The summed E-state index contributed by atoms with van der Waals surface area (Å²) in [5, 5.41) is 14.9. The number of β-lactam (4-membered cyclic amide) rings is 1. The molecular formula is C17H20N6O7S2. The van der Waals surface area contributed by atoms with Crippen molar-refractivity contribution in [3.05, 3.63) is 17.6 Å². The van der Waals surface area contributed by atoms with E-state index in [0.29, 0.717) is 12.2 Å². The average Bonchev–Trinajstić information content (AvgIpc) is 3.20. The molecule has 2 amide bonds. The van der Waals surface area contributed by atoms with Crippen LogP contribution in [0.5, 0.6) is 0 Å². The normalized spacial score (nSPS) is 20.0. The Morgan fingerprint density at radius 3 is 2.88 bits per heavy atom. The monoisotopic (exact) mass is 484 g/mol. The Morgan fingerprint density at radius 2 is 2.22 bits per heavy atom. The SMILES string of the molecule is CCCCOC(=O)CO/N=C(\C(=O)NC1C(=O)N2C(C(=O)O)=CCS[C@H]12)c1nsc(N)n1. The summed E-state index contributed by atoms with van der Waals surface area (Å²) in [5.41, 5.74) is 5.05. The van der Waals surface area contributed by atoms with E-state index in [-0.39, 0.29) is 29.0 Å². The van der Waals surface area contributed by atoms with E-state index in [1.807, 2.05) is 6.92 Å². The number of unbranched alkanes of at least 4 members (excludes halogenated alkanes) is 1. The summed E-state index contributed by atoms with van der Waals surface area (Å²) in [6.07, 6.45) is 2.99. The Bertz CT molecular complexity index is 978. The smallest absolute Gasteiger partial charge is 0.352 e. The Hall–Kier alpha value is -3.20. The molecule has 0 radical (unpaired) electrons. The van der Waals surface area contributed by atoms with Gasteiger partial charge in [-0.2, -0.15) is 9.36 Å². The fraction of sp³-hybridized carbons (Fsp3) is 0.471. The van der Waals surface area contributed by atoms with Gasteiger partial charge in [-0.15, -0.1) is 11.8 Å². The van der Waals surface area contributed by atoms with Crippen LogP contribution in [0.25, 0.3) is 0 Å². The number of esters is 1. The number of nitrogens with one attached hydrogen (secondary N) is 1. The Kier molecular flexibility index (Phi) is 7.63. The predicted molar refractivity (Wildman–Crippen MR) is 113 cm³/mol. The van der Waals surface area contributed by atoms with Crippen molar-refractivity contribution in [2.24, 2.45) is 5.16 Å². The molecule has 32 heavy (non-hydrogen) atoms. The zero-order chi connectivity index (χ0) is 23.3. The van der Waals surface area contributed by atoms with Crippen molar-refractivity contribution in [1.82, 2.24) is 19.6 Å². The molecule has 2 atom stereocenters. The van der Waals surface area contributed by atoms with Crippen LogP contribution in [0.4, 0.5) is 5.13 Å². The quantitative estimate of drug-likeness (QED) is 0.128. The summed E-state index contributed by atoms with van der Waals surface area (Å²) in [4.78, 5) is 58.2. The van der Waals surface area contributed by atoms with Gasteiger partial charge >= 0.3 is 11.9 Å². The van der Waals surface area contributed by atoms with Crippen LogP contribution in [0, 0.1) is 0 Å². The fourth-order valence-electron chi connectivity index (χ4n) is 2.78. The number of carboxylic acids is 1. The Balaban J connectivity index is 1.67. The van der Waals surface area contributed by atoms with Crippen molar-refractivity contribution in [3.63, 3.8) is 0 Å². The number of carbonyl (C=O) groups excluding carboxylic acids is 3. The molecule has 0 bridgehead atoms. The highest BCUT2D eigenvalue weighted by atomic mass is 32.2. The van der Waals surface area contributed by atoms with E-state index in [2.05, 4.69) is 19.8 Å². The maximum Gasteiger partial charge on any atom is 0.352 e. The van der Waals surface area contributed by atoms with Crippen LogP contribution in [0.1, 0.15) is 25.6 Å². The molecule has 3 heterocycles. The lowest BCUT2D eigenvalue weighted by Gasteiger charge is -2.48. The molecule has 2 aliphatic rings. The second-order valence-electron chi connectivity index (χ2n) is 6.52. The number of hydrogen-bond donors (Lipinski definition) is 3. The summed E-state index contributed by atoms with van der Waals surface area (Å²) in [6, 6.07) is -0.976. The van der Waals surface area contributed by atoms with E-state index >= 15 is 0 Å². The largest absolute Gasteiger partial charge is 0.477 e. The number of nitrogen functional groups attached to an aromatic ring is 1. The third-order valence-electron chi connectivity index (χ3n) is 4.32. The minimum absolute atomic E-state index is 0.0736. The van der Waals surface area contributed by atoms with Crippen LogP contribution in [0.2, 0.25) is 0 Å². The van der Waals surface area contributed by atoms with Crippen LogP contribution in [-0.4, -0.2) is 79.2 Å². The first kappa shape index (κ1) is 23.5. The summed E-state index contributed by atoms with van der Waals surface area (Å²) in [7, 11) is 0. The molecule has 1 unspecified atom stereocenters. The topological polar surface area (TPSA) is 186 Å². The number of anilines is 1. The average molecular weight is 485 g/mol. The molecule has 1 fully saturated rings. The number of oxime groups is 1. The van der Waals surface area contributed by atoms with Gasteiger partial charge in [-0.05, 0) is 12.5 Å². The number of rotatable bonds is 10. The lowest BCUT2D eigenvalue weighted by Crippen LogP contribution is -2.70. The Labute approximate surface area is 190 Å². The van der Waals surface area contributed by atoms with Gasteiger partial charge in [-0.25, -0.2) is 9.59 Å². The second kappa shape index (κ2) is 10.4. The molecule has 15 heteroatoms. The number of nitrogens with zero attached hydrogens (tertiary/aromatic N) is 4. The lowest BCUT2D eigenvalue weighted by atomic mass is 10.0. The maximum absolute atomic E-state index is 12.8. The lowest BCUT2D eigenvalue weighted by molar-refractivity contribution is -0.150. The van der Waals surface area contributed by atoms with Crippen LogP contribution in [0.15, 0.2) is 16.9 Å². The molecule has 3 rings (SSSR count). The summed E-state index contributed by atoms with van der Waals surface area (Å²) in [6.45, 7) is 1.65. The van der Waals surface area contributed by atoms with E-state index in [1.54, 1.807) is 0 Å². The third-order valence-corrected chi connectivity index (χ3v) is 6.05. The second-order valence-corrected chi connectivity index (χ2v) is 8.45. The highest BCUT2D eigenvalue weighted by molar-refractivity contribution is 8.00. The molecule has 2 aliphatic heterocycles. The number of aromatic nitrogens is 2. The highest BCUT2D eigenvalue weighted by Crippen LogP contribution is 2.37. The van der Waals surface area contributed by atoms with Crippen LogP contribution in [-0.2, 0) is 28.8 Å². The molecule has 4 N–H and O–H groups in total. The number of nitrogens with two attached hydrogens (primary N) is 1. The molecule has 0 aromatic carbocycles. The predicted octanol–water partition coefficient (Wildman–Crippen LogP) is -0.447. The first-order valence-electron chi connectivity index (χ1n) is 9.47. The molecule has 1 aromatic rings. The van der Waals surface area contributed by atoms with Gasteiger partial charge in [0, 0.05) is 17.3 Å². The van der Waals surface area contributed by atoms with Crippen LogP contribution >= 0.6 is 23.3 Å². The van der Waals surface area contributed by atoms with Crippen LogP contribution in [0.3, 0.4) is 0 Å². The first-order chi connectivity index (χ1) is 15.3. The van der Waals surface area contributed by atoms with Gasteiger partial charge in [0.15, 0.2) is 5.13 Å². The zero-order valence-electron chi connectivity index (χ0n) is 16.8. The third kappa shape index (κ3) is 5.16. The highest BCUT2D eigenvalue weighted by Gasteiger charge is 2.53. The summed E-state index contributed by atoms with van der Waals surface area (Å²) >= 11 is 2.12. The number of carboxylic acid groups (broad SMARTS) is 1. The number of thioether (sulfide) groups is 1. The van der Waals surface area contributed by atoms with E-state index in [1.165, 1.54) is 17.8 Å². The first-order valence-corrected chi connectivity index (χ1v) is 11.3. The zero-order valence-corrected chi connectivity index (χ0v) is 18.5. The van der Waals surface area contributed by atoms with Gasteiger partial charge in [-0.3, -0.25) is 14.5 Å². The van der Waals surface area contributed by atoms with E-state index in [4.69, 9.17) is 15.3 Å². The maximum atomic E-state index is 12.8. The molecule has 0 saturated carbocycles. The van der Waals surface area contributed by atoms with Gasteiger partial charge in [0.1, 0.15) is 17.1 Å². The van der Waals surface area contributed by atoms with Gasteiger partial charge in [0.05, 0.1) is 6.61 Å².